The first-order chi connectivity index (χ1) is 7.68. The van der Waals surface area contributed by atoms with Crippen LogP contribution in [0.4, 0.5) is 0 Å². The number of rotatable bonds is 3. The minimum absolute atomic E-state index is 0.138. The number of likely N-dealkylation sites (tertiary alicyclic amines) is 1. The van der Waals surface area contributed by atoms with Crippen molar-refractivity contribution in [1.82, 2.24) is 4.90 Å². The van der Waals surface area contributed by atoms with Gasteiger partial charge < -0.3 is 5.11 Å². The molecule has 0 amide bonds. The molecule has 2 rings (SSSR count). The molecule has 0 spiro atoms. The molecule has 3 atom stereocenters. The average Bonchev–Trinajstić information content (AvgIpc) is 2.29. The Morgan fingerprint density at radius 3 is 2.56 bits per heavy atom. The molecule has 1 N–H and O–H groups in total. The van der Waals surface area contributed by atoms with Crippen molar-refractivity contribution in [2.45, 2.75) is 64.5 Å². The van der Waals surface area contributed by atoms with Gasteiger partial charge in [0.15, 0.2) is 0 Å². The molecular weight excluding hydrogens is 198 g/mol. The van der Waals surface area contributed by atoms with Crippen LogP contribution in [-0.4, -0.2) is 35.2 Å². The first kappa shape index (κ1) is 12.4. The number of hydrogen-bond acceptors (Lipinski definition) is 2. The van der Waals surface area contributed by atoms with E-state index in [1.165, 1.54) is 45.1 Å². The summed E-state index contributed by atoms with van der Waals surface area (Å²) in [7, 11) is 0. The highest BCUT2D eigenvalue weighted by molar-refractivity contribution is 4.88. The van der Waals surface area contributed by atoms with Crippen LogP contribution in [0.25, 0.3) is 0 Å². The number of β-amino-alcohol motifs (C(OH)–C–C–N with tert-alkyl or cyclic N) is 1. The monoisotopic (exact) mass is 225 g/mol. The lowest BCUT2D eigenvalue weighted by atomic mass is 9.78. The third-order valence-electron chi connectivity index (χ3n) is 4.55. The Hall–Kier alpha value is -0.0800. The lowest BCUT2D eigenvalue weighted by molar-refractivity contribution is 0.00700. The second kappa shape index (κ2) is 5.50. The van der Waals surface area contributed by atoms with Gasteiger partial charge in [0.25, 0.3) is 0 Å². The van der Waals surface area contributed by atoms with E-state index in [-0.39, 0.29) is 6.10 Å². The Morgan fingerprint density at radius 2 is 1.81 bits per heavy atom. The quantitative estimate of drug-likeness (QED) is 0.798. The van der Waals surface area contributed by atoms with Crippen LogP contribution in [0.15, 0.2) is 0 Å². The third kappa shape index (κ3) is 2.78. The predicted molar refractivity (Wildman–Crippen MR) is 67.4 cm³/mol. The summed E-state index contributed by atoms with van der Waals surface area (Å²) in [5.74, 6) is 1.32. The minimum Gasteiger partial charge on any atom is -0.392 e. The number of nitrogens with zero attached hydrogens (tertiary/aromatic N) is 1. The van der Waals surface area contributed by atoms with Crippen molar-refractivity contribution in [2.75, 3.05) is 13.1 Å². The smallest absolute Gasteiger partial charge is 0.0690 e. The molecule has 1 heterocycles. The van der Waals surface area contributed by atoms with E-state index in [1.54, 1.807) is 0 Å². The zero-order valence-corrected chi connectivity index (χ0v) is 10.9. The summed E-state index contributed by atoms with van der Waals surface area (Å²) in [6, 6.07) is 0.788. The van der Waals surface area contributed by atoms with Gasteiger partial charge >= 0.3 is 0 Å². The molecule has 0 bridgehead atoms. The van der Waals surface area contributed by atoms with Gasteiger partial charge in [-0.1, -0.05) is 26.7 Å². The minimum atomic E-state index is -0.138. The summed E-state index contributed by atoms with van der Waals surface area (Å²) in [5, 5.41) is 10.0. The topological polar surface area (TPSA) is 23.5 Å². The summed E-state index contributed by atoms with van der Waals surface area (Å²) in [6.07, 6.45) is 8.26. The molecule has 0 radical (unpaired) electrons. The maximum absolute atomic E-state index is 10.0. The Kier molecular flexibility index (Phi) is 4.26. The van der Waals surface area contributed by atoms with E-state index in [0.717, 1.165) is 18.5 Å². The van der Waals surface area contributed by atoms with Crippen LogP contribution in [0.3, 0.4) is 0 Å². The van der Waals surface area contributed by atoms with Crippen molar-refractivity contribution in [1.29, 1.82) is 0 Å². The SMILES string of the molecule is CC(C)C(O)CN1CCC[C@H]2CCCC[C@H]21. The molecule has 1 saturated carbocycles. The van der Waals surface area contributed by atoms with Crippen LogP contribution in [0.1, 0.15) is 52.4 Å². The fraction of sp³-hybridized carbons (Fsp3) is 1.00. The van der Waals surface area contributed by atoms with Gasteiger partial charge in [0.1, 0.15) is 0 Å². The van der Waals surface area contributed by atoms with Crippen molar-refractivity contribution in [2.24, 2.45) is 11.8 Å². The maximum Gasteiger partial charge on any atom is 0.0690 e. The third-order valence-corrected chi connectivity index (χ3v) is 4.55. The molecule has 2 heteroatoms. The molecular formula is C14H27NO. The van der Waals surface area contributed by atoms with Crippen LogP contribution in [0.5, 0.6) is 0 Å². The summed E-state index contributed by atoms with van der Waals surface area (Å²) >= 11 is 0. The number of hydrogen-bond donors (Lipinski definition) is 1. The molecule has 1 aliphatic heterocycles. The van der Waals surface area contributed by atoms with Crippen molar-refractivity contribution in [3.63, 3.8) is 0 Å². The molecule has 0 aromatic rings. The van der Waals surface area contributed by atoms with Gasteiger partial charge in [-0.2, -0.15) is 0 Å². The van der Waals surface area contributed by atoms with Gasteiger partial charge in [0.05, 0.1) is 6.10 Å². The zero-order valence-electron chi connectivity index (χ0n) is 10.9. The van der Waals surface area contributed by atoms with Gasteiger partial charge in [0.2, 0.25) is 0 Å². The second-order valence-electron chi connectivity index (χ2n) is 6.06. The van der Waals surface area contributed by atoms with Crippen LogP contribution >= 0.6 is 0 Å². The van der Waals surface area contributed by atoms with Gasteiger partial charge in [-0.3, -0.25) is 4.90 Å². The largest absolute Gasteiger partial charge is 0.392 e. The summed E-state index contributed by atoms with van der Waals surface area (Å²) in [5.41, 5.74) is 0. The highest BCUT2D eigenvalue weighted by Gasteiger charge is 2.33. The summed E-state index contributed by atoms with van der Waals surface area (Å²) in [6.45, 7) is 6.35. The molecule has 1 unspecified atom stereocenters. The molecule has 94 valence electrons. The van der Waals surface area contributed by atoms with E-state index >= 15 is 0 Å². The molecule has 2 nitrogen and oxygen atoms in total. The van der Waals surface area contributed by atoms with Crippen molar-refractivity contribution in [3.8, 4) is 0 Å². The van der Waals surface area contributed by atoms with E-state index in [1.807, 2.05) is 0 Å². The molecule has 16 heavy (non-hydrogen) atoms. The molecule has 2 fully saturated rings. The van der Waals surface area contributed by atoms with E-state index in [4.69, 9.17) is 0 Å². The number of aliphatic hydroxyl groups is 1. The molecule has 0 aromatic heterocycles. The fourth-order valence-corrected chi connectivity index (χ4v) is 3.41. The molecule has 0 aromatic carbocycles. The first-order valence-electron chi connectivity index (χ1n) is 7.10. The number of piperidine rings is 1. The Morgan fingerprint density at radius 1 is 1.12 bits per heavy atom. The van der Waals surface area contributed by atoms with E-state index in [0.29, 0.717) is 5.92 Å². The van der Waals surface area contributed by atoms with E-state index < -0.39 is 0 Å². The molecule has 1 aliphatic carbocycles. The van der Waals surface area contributed by atoms with Gasteiger partial charge in [-0.25, -0.2) is 0 Å². The first-order valence-corrected chi connectivity index (χ1v) is 7.10. The Balaban J connectivity index is 1.92. The van der Waals surface area contributed by atoms with Crippen LogP contribution in [-0.2, 0) is 0 Å². The van der Waals surface area contributed by atoms with Crippen LogP contribution < -0.4 is 0 Å². The normalized spacial score (nSPS) is 33.8. The highest BCUT2D eigenvalue weighted by Crippen LogP contribution is 2.35. The van der Waals surface area contributed by atoms with Crippen LogP contribution in [0.2, 0.25) is 0 Å². The summed E-state index contributed by atoms with van der Waals surface area (Å²) in [4.78, 5) is 2.58. The standard InChI is InChI=1S/C14H27NO/c1-11(2)14(16)10-15-9-5-7-12-6-3-4-8-13(12)15/h11-14,16H,3-10H2,1-2H3/t12-,13-,14?/m1/s1. The van der Waals surface area contributed by atoms with E-state index in [2.05, 4.69) is 18.7 Å². The van der Waals surface area contributed by atoms with Gasteiger partial charge in [0, 0.05) is 12.6 Å². The summed E-state index contributed by atoms with van der Waals surface area (Å²) < 4.78 is 0. The predicted octanol–water partition coefficient (Wildman–Crippen LogP) is 2.66. The maximum atomic E-state index is 10.0. The highest BCUT2D eigenvalue weighted by atomic mass is 16.3. The van der Waals surface area contributed by atoms with Gasteiger partial charge in [-0.15, -0.1) is 0 Å². The van der Waals surface area contributed by atoms with Crippen molar-refractivity contribution < 1.29 is 5.11 Å². The molecule has 1 saturated heterocycles. The second-order valence-corrected chi connectivity index (χ2v) is 6.06. The lowest BCUT2D eigenvalue weighted by Gasteiger charge is -2.45. The Labute approximate surface area is 100 Å². The molecule has 2 aliphatic rings. The number of fused-ring (bicyclic) bond motifs is 1. The number of aliphatic hydroxyl groups excluding tert-OH is 1. The van der Waals surface area contributed by atoms with Crippen LogP contribution in [0, 0.1) is 11.8 Å². The van der Waals surface area contributed by atoms with E-state index in [9.17, 15) is 5.11 Å². The zero-order chi connectivity index (χ0) is 11.5. The van der Waals surface area contributed by atoms with Crippen molar-refractivity contribution >= 4 is 0 Å². The Bertz CT molecular complexity index is 215. The fourth-order valence-electron chi connectivity index (χ4n) is 3.41. The average molecular weight is 225 g/mol. The van der Waals surface area contributed by atoms with Crippen molar-refractivity contribution in [3.05, 3.63) is 0 Å². The lowest BCUT2D eigenvalue weighted by Crippen LogP contribution is -2.50. The van der Waals surface area contributed by atoms with Gasteiger partial charge in [-0.05, 0) is 44.1 Å².